The first-order valence-corrected chi connectivity index (χ1v) is 8.59. The fourth-order valence-corrected chi connectivity index (χ4v) is 3.12. The van der Waals surface area contributed by atoms with Crippen molar-refractivity contribution in [1.29, 1.82) is 0 Å². The lowest BCUT2D eigenvalue weighted by Gasteiger charge is -2.25. The number of nitrogens with zero attached hydrogens (tertiary/aromatic N) is 1. The number of carboxylic acids is 1. The Hall–Kier alpha value is -2.54. The van der Waals surface area contributed by atoms with Gasteiger partial charge in [0.15, 0.2) is 5.76 Å². The normalized spacial score (nSPS) is 10.5. The predicted molar refractivity (Wildman–Crippen MR) is 96.1 cm³/mol. The summed E-state index contributed by atoms with van der Waals surface area (Å²) in [5, 5.41) is 8.82. The van der Waals surface area contributed by atoms with Gasteiger partial charge in [-0.05, 0) is 49.6 Å². The Morgan fingerprint density at radius 1 is 1.12 bits per heavy atom. The number of anilines is 1. The molecule has 0 aliphatic heterocycles. The van der Waals surface area contributed by atoms with Gasteiger partial charge in [-0.1, -0.05) is 23.9 Å². The van der Waals surface area contributed by atoms with Crippen molar-refractivity contribution >= 4 is 34.4 Å². The van der Waals surface area contributed by atoms with Crippen molar-refractivity contribution in [2.24, 2.45) is 0 Å². The maximum absolute atomic E-state index is 12.6. The summed E-state index contributed by atoms with van der Waals surface area (Å²) in [6, 6.07) is 6.88. The minimum absolute atomic E-state index is 0.158. The molecular formula is C18H19NO5S. The summed E-state index contributed by atoms with van der Waals surface area (Å²) < 4.78 is 5.00. The summed E-state index contributed by atoms with van der Waals surface area (Å²) in [6.45, 7) is 5.11. The van der Waals surface area contributed by atoms with Crippen LogP contribution in [0.2, 0.25) is 0 Å². The molecule has 0 radical (unpaired) electrons. The van der Waals surface area contributed by atoms with Crippen LogP contribution in [0.3, 0.4) is 0 Å². The third-order valence-electron chi connectivity index (χ3n) is 3.82. The second kappa shape index (κ2) is 8.02. The van der Waals surface area contributed by atoms with Gasteiger partial charge in [0, 0.05) is 0 Å². The lowest BCUT2D eigenvalue weighted by atomic mass is 10.0. The molecule has 0 bridgehead atoms. The van der Waals surface area contributed by atoms with Crippen LogP contribution in [0.5, 0.6) is 0 Å². The maximum Gasteiger partial charge on any atom is 0.323 e. The van der Waals surface area contributed by atoms with Crippen LogP contribution in [0.15, 0.2) is 34.9 Å². The van der Waals surface area contributed by atoms with Crippen molar-refractivity contribution in [1.82, 2.24) is 0 Å². The zero-order valence-corrected chi connectivity index (χ0v) is 15.1. The number of aryl methyl sites for hydroxylation is 2. The molecule has 0 unspecified atom stereocenters. The van der Waals surface area contributed by atoms with E-state index in [-0.39, 0.29) is 16.6 Å². The highest BCUT2D eigenvalue weighted by Crippen LogP contribution is 2.28. The summed E-state index contributed by atoms with van der Waals surface area (Å²) >= 11 is 0.791. The lowest BCUT2D eigenvalue weighted by Crippen LogP contribution is -2.38. The molecule has 2 rings (SSSR count). The van der Waals surface area contributed by atoms with Crippen LogP contribution in [0, 0.1) is 20.8 Å². The Bertz CT molecular complexity index is 798. The van der Waals surface area contributed by atoms with Gasteiger partial charge in [0.1, 0.15) is 6.54 Å². The fourth-order valence-electron chi connectivity index (χ4n) is 2.45. The van der Waals surface area contributed by atoms with Gasteiger partial charge in [-0.2, -0.15) is 0 Å². The smallest absolute Gasteiger partial charge is 0.323 e. The minimum atomic E-state index is -1.11. The van der Waals surface area contributed by atoms with Crippen molar-refractivity contribution in [2.45, 2.75) is 20.8 Å². The summed E-state index contributed by atoms with van der Waals surface area (Å²) in [4.78, 5) is 37.1. The van der Waals surface area contributed by atoms with E-state index in [0.717, 1.165) is 28.5 Å². The second-order valence-corrected chi connectivity index (χ2v) is 6.55. The highest BCUT2D eigenvalue weighted by molar-refractivity contribution is 8.14. The molecule has 0 spiro atoms. The molecule has 132 valence electrons. The number of carbonyl (C=O) groups excluding carboxylic acids is 2. The molecule has 7 heteroatoms. The Labute approximate surface area is 149 Å². The molecule has 0 aliphatic rings. The molecule has 1 heterocycles. The van der Waals surface area contributed by atoms with Crippen molar-refractivity contribution in [3.8, 4) is 0 Å². The molecule has 0 saturated carbocycles. The number of furan rings is 1. The first-order valence-electron chi connectivity index (χ1n) is 7.61. The molecule has 0 atom stereocenters. The number of hydrogen-bond donors (Lipinski definition) is 1. The predicted octanol–water partition coefficient (Wildman–Crippen LogP) is 3.20. The third kappa shape index (κ3) is 4.51. The number of amides is 1. The highest BCUT2D eigenvalue weighted by atomic mass is 32.2. The molecule has 0 aliphatic carbocycles. The van der Waals surface area contributed by atoms with Crippen LogP contribution in [-0.2, 0) is 9.59 Å². The van der Waals surface area contributed by atoms with E-state index in [0.29, 0.717) is 5.69 Å². The minimum Gasteiger partial charge on any atom is -0.480 e. The molecule has 0 fully saturated rings. The summed E-state index contributed by atoms with van der Waals surface area (Å²) in [5.41, 5.74) is 3.19. The van der Waals surface area contributed by atoms with E-state index in [1.807, 2.05) is 32.9 Å². The van der Waals surface area contributed by atoms with E-state index in [1.165, 1.54) is 17.2 Å². The van der Waals surface area contributed by atoms with Crippen molar-refractivity contribution in [3.05, 3.63) is 53.0 Å². The van der Waals surface area contributed by atoms with Gasteiger partial charge >= 0.3 is 5.97 Å². The van der Waals surface area contributed by atoms with E-state index >= 15 is 0 Å². The zero-order valence-electron chi connectivity index (χ0n) is 14.2. The average molecular weight is 361 g/mol. The molecule has 1 amide bonds. The van der Waals surface area contributed by atoms with Gasteiger partial charge in [-0.3, -0.25) is 19.3 Å². The number of benzene rings is 1. The van der Waals surface area contributed by atoms with E-state index in [1.54, 1.807) is 6.07 Å². The number of aliphatic carboxylic acids is 1. The van der Waals surface area contributed by atoms with Crippen LogP contribution >= 0.6 is 11.8 Å². The van der Waals surface area contributed by atoms with Crippen molar-refractivity contribution in [3.63, 3.8) is 0 Å². The molecule has 25 heavy (non-hydrogen) atoms. The number of hydrogen-bond acceptors (Lipinski definition) is 5. The van der Waals surface area contributed by atoms with Crippen LogP contribution in [-0.4, -0.2) is 34.4 Å². The van der Waals surface area contributed by atoms with Crippen LogP contribution in [0.25, 0.3) is 0 Å². The number of rotatable bonds is 6. The largest absolute Gasteiger partial charge is 0.480 e. The molecule has 2 aromatic rings. The Morgan fingerprint density at radius 3 is 2.40 bits per heavy atom. The van der Waals surface area contributed by atoms with Crippen LogP contribution < -0.4 is 4.90 Å². The Morgan fingerprint density at radius 2 is 1.80 bits per heavy atom. The number of thioether (sulfide) groups is 1. The molecule has 1 N–H and O–H groups in total. The van der Waals surface area contributed by atoms with Crippen molar-refractivity contribution in [2.75, 3.05) is 17.2 Å². The quantitative estimate of drug-likeness (QED) is 0.850. The maximum atomic E-state index is 12.6. The molecular weight excluding hydrogens is 342 g/mol. The van der Waals surface area contributed by atoms with Gasteiger partial charge in [0.25, 0.3) is 5.12 Å². The van der Waals surface area contributed by atoms with Gasteiger partial charge in [0.05, 0.1) is 17.7 Å². The van der Waals surface area contributed by atoms with Crippen molar-refractivity contribution < 1.29 is 23.9 Å². The molecule has 6 nitrogen and oxygen atoms in total. The van der Waals surface area contributed by atoms with Crippen LogP contribution in [0.4, 0.5) is 5.69 Å². The third-order valence-corrected chi connectivity index (χ3v) is 4.67. The van der Waals surface area contributed by atoms with Crippen LogP contribution in [0.1, 0.15) is 27.2 Å². The fraction of sp³-hybridized carbons (Fsp3) is 0.278. The number of carbonyl (C=O) groups is 3. The van der Waals surface area contributed by atoms with E-state index in [9.17, 15) is 19.5 Å². The van der Waals surface area contributed by atoms with E-state index in [2.05, 4.69) is 0 Å². The van der Waals surface area contributed by atoms with Gasteiger partial charge < -0.3 is 9.52 Å². The Balaban J connectivity index is 2.23. The summed E-state index contributed by atoms with van der Waals surface area (Å²) in [6.07, 6.45) is 1.38. The standard InChI is InChI=1S/C18H19NO5S/c1-11-6-7-12(2)17(13(11)3)19(9-16(21)22)15(20)10-25-18(23)14-5-4-8-24-14/h4-8H,9-10H2,1-3H3,(H,21,22). The van der Waals surface area contributed by atoms with Gasteiger partial charge in [-0.25, -0.2) is 0 Å². The average Bonchev–Trinajstić information content (AvgIpc) is 3.09. The first kappa shape index (κ1) is 18.8. The SMILES string of the molecule is Cc1ccc(C)c(N(CC(=O)O)C(=O)CSC(=O)c2ccco2)c1C. The monoisotopic (exact) mass is 361 g/mol. The number of carboxylic acid groups (broad SMARTS) is 1. The Kier molecular flexibility index (Phi) is 6.03. The summed E-state index contributed by atoms with van der Waals surface area (Å²) in [7, 11) is 0. The topological polar surface area (TPSA) is 87.8 Å². The second-order valence-electron chi connectivity index (χ2n) is 5.60. The first-order chi connectivity index (χ1) is 11.8. The zero-order chi connectivity index (χ0) is 18.6. The van der Waals surface area contributed by atoms with E-state index < -0.39 is 18.4 Å². The van der Waals surface area contributed by atoms with Gasteiger partial charge in [-0.15, -0.1) is 0 Å². The lowest BCUT2D eigenvalue weighted by molar-refractivity contribution is -0.136. The molecule has 0 saturated heterocycles. The highest BCUT2D eigenvalue weighted by Gasteiger charge is 2.24. The molecule has 1 aromatic heterocycles. The van der Waals surface area contributed by atoms with E-state index in [4.69, 9.17) is 4.42 Å². The summed E-state index contributed by atoms with van der Waals surface area (Å²) in [5.74, 6) is -1.56. The van der Waals surface area contributed by atoms with Gasteiger partial charge in [0.2, 0.25) is 5.91 Å². The molecule has 1 aromatic carbocycles.